The van der Waals surface area contributed by atoms with Crippen LogP contribution < -0.4 is 0 Å². The molecule has 0 saturated heterocycles. The van der Waals surface area contributed by atoms with Crippen LogP contribution in [0.15, 0.2) is 182 Å². The van der Waals surface area contributed by atoms with Crippen LogP contribution in [0.1, 0.15) is 25.0 Å². The highest BCUT2D eigenvalue weighted by Crippen LogP contribution is 2.51. The van der Waals surface area contributed by atoms with Crippen molar-refractivity contribution < 1.29 is 0 Å². The first kappa shape index (κ1) is 30.2. The van der Waals surface area contributed by atoms with Crippen LogP contribution in [0.5, 0.6) is 0 Å². The van der Waals surface area contributed by atoms with Gasteiger partial charge in [-0.2, -0.15) is 0 Å². The highest BCUT2D eigenvalue weighted by molar-refractivity contribution is 6.33. The average Bonchev–Trinajstić information content (AvgIpc) is 3.45. The van der Waals surface area contributed by atoms with E-state index in [2.05, 4.69) is 196 Å². The Kier molecular flexibility index (Phi) is 6.40. The molecule has 0 radical (unpaired) electrons. The molecule has 0 unspecified atom stereocenters. The minimum absolute atomic E-state index is 0.113. The Labute approximate surface area is 309 Å². The highest BCUT2D eigenvalue weighted by Gasteiger charge is 2.36. The standard InChI is InChI=1S/C53H36/c1-53(2)50-30-36(26-28-44(50)45-29-27-37(31-51(45)53)39-21-11-13-34-12-3-4-14-38(34)39)33-22-24-35(25-23-33)48-32-49-42-17-6-5-15-40(42)41-16-7-9-19-46(41)52(49)47-20-10-8-18-43(47)48/h3-32H,1-2H3. The lowest BCUT2D eigenvalue weighted by molar-refractivity contribution is 0.661. The Hall–Kier alpha value is -6.50. The van der Waals surface area contributed by atoms with Crippen LogP contribution in [0.4, 0.5) is 0 Å². The first-order valence-electron chi connectivity index (χ1n) is 18.7. The fourth-order valence-electron chi connectivity index (χ4n) is 9.41. The molecule has 10 aromatic rings. The van der Waals surface area contributed by atoms with Gasteiger partial charge in [-0.05, 0) is 128 Å². The SMILES string of the molecule is CC1(C)c2cc(-c3ccc(-c4cc5c6ccccc6c6ccccc6c5c5ccccc45)cc3)ccc2-c2ccc(-c3cccc4ccccc34)cc21. The number of hydrogen-bond acceptors (Lipinski definition) is 0. The number of rotatable bonds is 3. The largest absolute Gasteiger partial charge is 0.0616 e. The zero-order valence-corrected chi connectivity index (χ0v) is 29.8. The van der Waals surface area contributed by atoms with E-state index >= 15 is 0 Å². The molecular formula is C53H36. The second-order valence-electron chi connectivity index (χ2n) is 15.2. The summed E-state index contributed by atoms with van der Waals surface area (Å²) in [6, 6.07) is 67.9. The van der Waals surface area contributed by atoms with Gasteiger partial charge in [0.2, 0.25) is 0 Å². The van der Waals surface area contributed by atoms with Gasteiger partial charge in [0.25, 0.3) is 0 Å². The molecule has 0 bridgehead atoms. The van der Waals surface area contributed by atoms with Crippen molar-refractivity contribution in [3.8, 4) is 44.5 Å². The average molecular weight is 673 g/mol. The van der Waals surface area contributed by atoms with Gasteiger partial charge in [0.1, 0.15) is 0 Å². The number of fused-ring (bicyclic) bond motifs is 12. The molecule has 1 aliphatic rings. The summed E-state index contributed by atoms with van der Waals surface area (Å²) in [5.41, 5.74) is 12.9. The van der Waals surface area contributed by atoms with E-state index in [1.807, 2.05) is 0 Å². The van der Waals surface area contributed by atoms with Crippen molar-refractivity contribution in [1.29, 1.82) is 0 Å². The van der Waals surface area contributed by atoms with Crippen LogP contribution in [0, 0.1) is 0 Å². The van der Waals surface area contributed by atoms with Gasteiger partial charge >= 0.3 is 0 Å². The lowest BCUT2D eigenvalue weighted by Crippen LogP contribution is -2.15. The van der Waals surface area contributed by atoms with Gasteiger partial charge in [0.15, 0.2) is 0 Å². The minimum Gasteiger partial charge on any atom is -0.0616 e. The summed E-state index contributed by atoms with van der Waals surface area (Å²) >= 11 is 0. The maximum Gasteiger partial charge on any atom is 0.0159 e. The Bertz CT molecular complexity index is 3120. The summed E-state index contributed by atoms with van der Waals surface area (Å²) in [6.07, 6.45) is 0. The van der Waals surface area contributed by atoms with E-state index in [0.29, 0.717) is 0 Å². The van der Waals surface area contributed by atoms with E-state index in [0.717, 1.165) is 0 Å². The van der Waals surface area contributed by atoms with Crippen LogP contribution in [-0.2, 0) is 5.41 Å². The topological polar surface area (TPSA) is 0 Å². The van der Waals surface area contributed by atoms with Crippen molar-refractivity contribution >= 4 is 53.9 Å². The molecule has 1 aliphatic carbocycles. The van der Waals surface area contributed by atoms with Crippen LogP contribution in [0.25, 0.3) is 98.4 Å². The summed E-state index contributed by atoms with van der Waals surface area (Å²) in [5, 5.41) is 13.0. The van der Waals surface area contributed by atoms with Crippen LogP contribution in [0.2, 0.25) is 0 Å². The van der Waals surface area contributed by atoms with E-state index in [-0.39, 0.29) is 5.41 Å². The van der Waals surface area contributed by atoms with Gasteiger partial charge in [0.05, 0.1) is 0 Å². The molecule has 248 valence electrons. The summed E-state index contributed by atoms with van der Waals surface area (Å²) in [4.78, 5) is 0. The first-order valence-corrected chi connectivity index (χ1v) is 18.7. The molecule has 0 saturated carbocycles. The Morgan fingerprint density at radius 1 is 0.283 bits per heavy atom. The lowest BCUT2D eigenvalue weighted by atomic mass is 9.80. The third-order valence-corrected chi connectivity index (χ3v) is 12.1. The second kappa shape index (κ2) is 11.2. The van der Waals surface area contributed by atoms with Crippen molar-refractivity contribution in [3.05, 3.63) is 193 Å². The molecule has 53 heavy (non-hydrogen) atoms. The van der Waals surface area contributed by atoms with Crippen LogP contribution >= 0.6 is 0 Å². The van der Waals surface area contributed by atoms with Gasteiger partial charge in [-0.3, -0.25) is 0 Å². The minimum atomic E-state index is -0.113. The van der Waals surface area contributed by atoms with Crippen molar-refractivity contribution in [2.24, 2.45) is 0 Å². The highest BCUT2D eigenvalue weighted by atomic mass is 14.4. The van der Waals surface area contributed by atoms with Crippen molar-refractivity contribution in [2.75, 3.05) is 0 Å². The van der Waals surface area contributed by atoms with Gasteiger partial charge in [-0.15, -0.1) is 0 Å². The predicted molar refractivity (Wildman–Crippen MR) is 228 cm³/mol. The van der Waals surface area contributed by atoms with Crippen LogP contribution in [-0.4, -0.2) is 0 Å². The number of benzene rings is 10. The zero-order valence-electron chi connectivity index (χ0n) is 29.8. The summed E-state index contributed by atoms with van der Waals surface area (Å²) in [6.45, 7) is 4.77. The molecule has 0 aromatic heterocycles. The van der Waals surface area contributed by atoms with Crippen molar-refractivity contribution in [1.82, 2.24) is 0 Å². The van der Waals surface area contributed by atoms with E-state index in [9.17, 15) is 0 Å². The monoisotopic (exact) mass is 672 g/mol. The predicted octanol–water partition coefficient (Wildman–Crippen LogP) is 14.8. The van der Waals surface area contributed by atoms with E-state index in [4.69, 9.17) is 0 Å². The molecule has 0 spiro atoms. The normalized spacial score (nSPS) is 13.2. The molecule has 0 aliphatic heterocycles. The summed E-state index contributed by atoms with van der Waals surface area (Å²) < 4.78 is 0. The van der Waals surface area contributed by atoms with Crippen molar-refractivity contribution in [3.63, 3.8) is 0 Å². The second-order valence-corrected chi connectivity index (χ2v) is 15.2. The lowest BCUT2D eigenvalue weighted by Gasteiger charge is -2.23. The molecule has 0 heteroatoms. The molecule has 0 fully saturated rings. The summed E-state index contributed by atoms with van der Waals surface area (Å²) in [7, 11) is 0. The van der Waals surface area contributed by atoms with Gasteiger partial charge in [0, 0.05) is 5.41 Å². The van der Waals surface area contributed by atoms with E-state index in [1.165, 1.54) is 109 Å². The van der Waals surface area contributed by atoms with Gasteiger partial charge in [-0.25, -0.2) is 0 Å². The molecular weight excluding hydrogens is 637 g/mol. The third kappa shape index (κ3) is 4.42. The van der Waals surface area contributed by atoms with Gasteiger partial charge in [-0.1, -0.05) is 178 Å². The molecule has 0 nitrogen and oxygen atoms in total. The Balaban J connectivity index is 1.00. The molecule has 0 heterocycles. The maximum atomic E-state index is 2.44. The van der Waals surface area contributed by atoms with Gasteiger partial charge < -0.3 is 0 Å². The molecule has 11 rings (SSSR count). The van der Waals surface area contributed by atoms with Crippen LogP contribution in [0.3, 0.4) is 0 Å². The smallest absolute Gasteiger partial charge is 0.0159 e. The summed E-state index contributed by atoms with van der Waals surface area (Å²) in [5.74, 6) is 0. The first-order chi connectivity index (χ1) is 26.0. The molecule has 0 atom stereocenters. The zero-order chi connectivity index (χ0) is 35.3. The fraction of sp³-hybridized carbons (Fsp3) is 0.0566. The van der Waals surface area contributed by atoms with Crippen molar-refractivity contribution in [2.45, 2.75) is 19.3 Å². The van der Waals surface area contributed by atoms with E-state index in [1.54, 1.807) is 0 Å². The fourth-order valence-corrected chi connectivity index (χ4v) is 9.41. The third-order valence-electron chi connectivity index (χ3n) is 12.1. The molecule has 10 aromatic carbocycles. The molecule has 0 N–H and O–H groups in total. The quantitative estimate of drug-likeness (QED) is 0.164. The molecule has 0 amide bonds. The Morgan fingerprint density at radius 3 is 1.45 bits per heavy atom. The van der Waals surface area contributed by atoms with E-state index < -0.39 is 0 Å². The number of hydrogen-bond donors (Lipinski definition) is 0. The maximum absolute atomic E-state index is 2.44. The Morgan fingerprint density at radius 2 is 0.755 bits per heavy atom.